The van der Waals surface area contributed by atoms with E-state index in [0.717, 1.165) is 11.1 Å². The highest BCUT2D eigenvalue weighted by Gasteiger charge is 2.45. The number of ketones is 1. The van der Waals surface area contributed by atoms with Crippen LogP contribution >= 0.6 is 0 Å². The maximum atomic E-state index is 13.0. The molecule has 6 nitrogen and oxygen atoms in total. The van der Waals surface area contributed by atoms with E-state index >= 15 is 0 Å². The Morgan fingerprint density at radius 3 is 2.16 bits per heavy atom. The van der Waals surface area contributed by atoms with Crippen LogP contribution in [0, 0.1) is 0 Å². The first-order valence-electron chi connectivity index (χ1n) is 10.7. The molecule has 1 aliphatic heterocycles. The molecule has 0 aromatic heterocycles. The third-order valence-corrected chi connectivity index (χ3v) is 5.74. The molecule has 0 bridgehead atoms. The Labute approximate surface area is 189 Å². The fourth-order valence-corrected chi connectivity index (χ4v) is 3.91. The van der Waals surface area contributed by atoms with Crippen molar-refractivity contribution in [1.82, 2.24) is 4.90 Å². The summed E-state index contributed by atoms with van der Waals surface area (Å²) in [6, 6.07) is 14.0. The molecule has 1 fully saturated rings. The summed E-state index contributed by atoms with van der Waals surface area (Å²) in [4.78, 5) is 27.5. The summed E-state index contributed by atoms with van der Waals surface area (Å²) in [6.07, 6.45) is 0.586. The highest BCUT2D eigenvalue weighted by Crippen LogP contribution is 2.40. The molecule has 0 saturated carbocycles. The molecule has 1 unspecified atom stereocenters. The second kappa shape index (κ2) is 9.57. The minimum atomic E-state index is -0.680. The van der Waals surface area contributed by atoms with Gasteiger partial charge >= 0.3 is 0 Å². The van der Waals surface area contributed by atoms with Crippen molar-refractivity contribution in [2.75, 3.05) is 27.4 Å². The zero-order valence-corrected chi connectivity index (χ0v) is 19.3. The van der Waals surface area contributed by atoms with Crippen molar-refractivity contribution in [3.8, 4) is 5.75 Å². The van der Waals surface area contributed by atoms with Gasteiger partial charge in [-0.2, -0.15) is 0 Å². The number of Topliss-reactive ketones (excluding diaryl/α,β-unsaturated/α-hetero) is 1. The van der Waals surface area contributed by atoms with E-state index < -0.39 is 17.7 Å². The highest BCUT2D eigenvalue weighted by molar-refractivity contribution is 6.46. The third-order valence-electron chi connectivity index (χ3n) is 5.74. The normalized spacial score (nSPS) is 18.3. The molecule has 1 amide bonds. The second-order valence-corrected chi connectivity index (χ2v) is 8.94. The number of rotatable bonds is 7. The van der Waals surface area contributed by atoms with E-state index in [1.165, 1.54) is 4.90 Å². The van der Waals surface area contributed by atoms with Gasteiger partial charge in [0.25, 0.3) is 11.7 Å². The van der Waals surface area contributed by atoms with E-state index in [2.05, 4.69) is 20.8 Å². The predicted octanol–water partition coefficient (Wildman–Crippen LogP) is 4.45. The summed E-state index contributed by atoms with van der Waals surface area (Å²) in [5.74, 6) is -0.845. The van der Waals surface area contributed by atoms with Crippen LogP contribution in [0.5, 0.6) is 5.75 Å². The number of ether oxygens (including phenoxy) is 2. The first-order valence-corrected chi connectivity index (χ1v) is 10.7. The first-order chi connectivity index (χ1) is 15.2. The van der Waals surface area contributed by atoms with Crippen molar-refractivity contribution < 1.29 is 24.2 Å². The molecule has 1 heterocycles. The Hall–Kier alpha value is -3.12. The van der Waals surface area contributed by atoms with Gasteiger partial charge < -0.3 is 19.5 Å². The Morgan fingerprint density at radius 1 is 1.00 bits per heavy atom. The van der Waals surface area contributed by atoms with Crippen LogP contribution in [0.25, 0.3) is 5.76 Å². The SMILES string of the molecule is COCCCN1C(=O)C(=O)/C(=C(\O)c2ccc(OC)cc2)C1c1ccc(C(C)(C)C)cc1. The number of carbonyl (C=O) groups excluding carboxylic acids is 2. The number of aliphatic hydroxyl groups excluding tert-OH is 1. The lowest BCUT2D eigenvalue weighted by Gasteiger charge is -2.26. The first kappa shape index (κ1) is 23.5. The number of hydrogen-bond acceptors (Lipinski definition) is 5. The Balaban J connectivity index is 2.10. The predicted molar refractivity (Wildman–Crippen MR) is 124 cm³/mol. The summed E-state index contributed by atoms with van der Waals surface area (Å²) < 4.78 is 10.3. The van der Waals surface area contributed by atoms with E-state index in [1.54, 1.807) is 38.5 Å². The van der Waals surface area contributed by atoms with Crippen LogP contribution in [-0.2, 0) is 19.7 Å². The standard InChI is InChI=1S/C26H31NO5/c1-26(2,3)19-11-7-17(8-12-19)22-21(23(28)18-9-13-20(32-5)14-10-18)24(29)25(30)27(22)15-6-16-31-4/h7-14,22,28H,6,15-16H2,1-5H3/b23-21-. The molecule has 0 spiro atoms. The van der Waals surface area contributed by atoms with E-state index in [0.29, 0.717) is 30.9 Å². The Morgan fingerprint density at radius 2 is 1.62 bits per heavy atom. The molecule has 2 aromatic rings. The number of hydrogen-bond donors (Lipinski definition) is 1. The fourth-order valence-electron chi connectivity index (χ4n) is 3.91. The molecule has 0 radical (unpaired) electrons. The zero-order chi connectivity index (χ0) is 23.5. The molecule has 3 rings (SSSR count). The van der Waals surface area contributed by atoms with Crippen LogP contribution < -0.4 is 4.74 Å². The van der Waals surface area contributed by atoms with Crippen LogP contribution in [0.3, 0.4) is 0 Å². The van der Waals surface area contributed by atoms with E-state index in [4.69, 9.17) is 9.47 Å². The molecule has 1 aliphatic rings. The average molecular weight is 438 g/mol. The van der Waals surface area contributed by atoms with Crippen molar-refractivity contribution in [2.45, 2.75) is 38.6 Å². The van der Waals surface area contributed by atoms with Crippen molar-refractivity contribution in [3.05, 3.63) is 70.8 Å². The number of methoxy groups -OCH3 is 2. The van der Waals surface area contributed by atoms with Crippen molar-refractivity contribution >= 4 is 17.4 Å². The number of benzene rings is 2. The van der Waals surface area contributed by atoms with Crippen LogP contribution in [0.4, 0.5) is 0 Å². The monoisotopic (exact) mass is 437 g/mol. The molecule has 1 atom stereocenters. The van der Waals surface area contributed by atoms with E-state index in [9.17, 15) is 14.7 Å². The summed E-state index contributed by atoms with van der Waals surface area (Å²) in [6.45, 7) is 7.20. The quantitative estimate of drug-likeness (QED) is 0.300. The number of nitrogens with zero attached hydrogens (tertiary/aromatic N) is 1. The van der Waals surface area contributed by atoms with E-state index in [1.807, 2.05) is 24.3 Å². The number of aliphatic hydroxyl groups is 1. The highest BCUT2D eigenvalue weighted by atomic mass is 16.5. The summed E-state index contributed by atoms with van der Waals surface area (Å²) >= 11 is 0. The maximum Gasteiger partial charge on any atom is 0.295 e. The van der Waals surface area contributed by atoms with Crippen molar-refractivity contribution in [3.63, 3.8) is 0 Å². The summed E-state index contributed by atoms with van der Waals surface area (Å²) in [5, 5.41) is 11.1. The van der Waals surface area contributed by atoms with Gasteiger partial charge in [0.1, 0.15) is 11.5 Å². The van der Waals surface area contributed by atoms with Crippen LogP contribution in [0.2, 0.25) is 0 Å². The average Bonchev–Trinajstić information content (AvgIpc) is 3.03. The minimum absolute atomic E-state index is 0.0259. The lowest BCUT2D eigenvalue weighted by molar-refractivity contribution is -0.140. The lowest BCUT2D eigenvalue weighted by Crippen LogP contribution is -2.31. The summed E-state index contributed by atoms with van der Waals surface area (Å²) in [7, 11) is 3.15. The van der Waals surface area contributed by atoms with Gasteiger partial charge in [-0.25, -0.2) is 0 Å². The van der Waals surface area contributed by atoms with Gasteiger partial charge in [0.15, 0.2) is 0 Å². The van der Waals surface area contributed by atoms with Gasteiger partial charge in [-0.1, -0.05) is 45.0 Å². The topological polar surface area (TPSA) is 76.1 Å². The molecular weight excluding hydrogens is 406 g/mol. The number of likely N-dealkylation sites (tertiary alicyclic amines) is 1. The van der Waals surface area contributed by atoms with Gasteiger partial charge in [0.05, 0.1) is 18.7 Å². The Kier molecular flexibility index (Phi) is 7.04. The van der Waals surface area contributed by atoms with Crippen molar-refractivity contribution in [1.29, 1.82) is 0 Å². The zero-order valence-electron chi connectivity index (χ0n) is 19.3. The maximum absolute atomic E-state index is 13.0. The molecule has 0 aliphatic carbocycles. The van der Waals surface area contributed by atoms with Gasteiger partial charge in [-0.15, -0.1) is 0 Å². The molecular formula is C26H31NO5. The van der Waals surface area contributed by atoms with Crippen molar-refractivity contribution in [2.24, 2.45) is 0 Å². The molecule has 1 saturated heterocycles. The summed E-state index contributed by atoms with van der Waals surface area (Å²) in [5.41, 5.74) is 2.46. The number of amides is 1. The minimum Gasteiger partial charge on any atom is -0.507 e. The molecule has 32 heavy (non-hydrogen) atoms. The fraction of sp³-hybridized carbons (Fsp3) is 0.385. The number of carbonyl (C=O) groups is 2. The van der Waals surface area contributed by atoms with E-state index in [-0.39, 0.29) is 16.7 Å². The third kappa shape index (κ3) is 4.70. The smallest absolute Gasteiger partial charge is 0.295 e. The molecule has 6 heteroatoms. The largest absolute Gasteiger partial charge is 0.507 e. The van der Waals surface area contributed by atoms with Gasteiger partial charge in [0.2, 0.25) is 0 Å². The molecule has 2 aromatic carbocycles. The van der Waals surface area contributed by atoms with Crippen LogP contribution in [-0.4, -0.2) is 49.1 Å². The van der Waals surface area contributed by atoms with Gasteiger partial charge in [-0.3, -0.25) is 9.59 Å². The second-order valence-electron chi connectivity index (χ2n) is 8.94. The van der Waals surface area contributed by atoms with Crippen LogP contribution in [0.1, 0.15) is 49.9 Å². The van der Waals surface area contributed by atoms with Gasteiger partial charge in [-0.05, 0) is 47.2 Å². The van der Waals surface area contributed by atoms with Crippen LogP contribution in [0.15, 0.2) is 54.1 Å². The molecule has 1 N–H and O–H groups in total. The van der Waals surface area contributed by atoms with Gasteiger partial charge in [0, 0.05) is 25.8 Å². The lowest BCUT2D eigenvalue weighted by atomic mass is 9.85. The Bertz CT molecular complexity index is 1000. The molecule has 170 valence electrons.